The molecule has 0 atom stereocenters. The fourth-order valence-corrected chi connectivity index (χ4v) is 3.92. The van der Waals surface area contributed by atoms with Gasteiger partial charge in [-0.05, 0) is 42.3 Å². The zero-order valence-electron chi connectivity index (χ0n) is 14.8. The average molecular weight is 413 g/mol. The van der Waals surface area contributed by atoms with Crippen LogP contribution >= 0.6 is 22.9 Å². The van der Waals surface area contributed by atoms with E-state index >= 15 is 0 Å². The number of amides is 3. The Morgan fingerprint density at radius 2 is 1.89 bits per heavy atom. The predicted octanol–water partition coefficient (Wildman–Crippen LogP) is 4.57. The van der Waals surface area contributed by atoms with E-state index in [1.807, 2.05) is 24.3 Å². The van der Waals surface area contributed by atoms with E-state index in [1.54, 1.807) is 34.5 Å². The number of fused-ring (bicyclic) bond motifs is 1. The van der Waals surface area contributed by atoms with Crippen molar-refractivity contribution < 1.29 is 9.59 Å². The number of anilines is 3. The normalized spacial score (nSPS) is 12.5. The van der Waals surface area contributed by atoms with Crippen molar-refractivity contribution in [3.05, 3.63) is 70.2 Å². The molecule has 6 nitrogen and oxygen atoms in total. The van der Waals surface area contributed by atoms with Crippen molar-refractivity contribution in [2.24, 2.45) is 0 Å². The summed E-state index contributed by atoms with van der Waals surface area (Å²) in [6.07, 6.45) is 1.07. The van der Waals surface area contributed by atoms with Gasteiger partial charge in [0.25, 0.3) is 0 Å². The minimum Gasteiger partial charge on any atom is -0.311 e. The lowest BCUT2D eigenvalue weighted by Gasteiger charge is -2.16. The number of carbonyl (C=O) groups excluding carboxylic acids is 2. The highest BCUT2D eigenvalue weighted by Crippen LogP contribution is 2.28. The number of nitrogens with zero attached hydrogens (tertiary/aromatic N) is 2. The highest BCUT2D eigenvalue weighted by molar-refractivity contribution is 7.14. The third-order valence-corrected chi connectivity index (χ3v) is 5.45. The van der Waals surface area contributed by atoms with Crippen LogP contribution in [0.25, 0.3) is 0 Å². The van der Waals surface area contributed by atoms with Crippen molar-refractivity contribution in [3.8, 4) is 0 Å². The van der Waals surface area contributed by atoms with Crippen LogP contribution in [0.15, 0.2) is 53.9 Å². The fourth-order valence-electron chi connectivity index (χ4n) is 3.09. The molecule has 0 unspecified atom stereocenters. The van der Waals surface area contributed by atoms with E-state index in [0.29, 0.717) is 28.1 Å². The van der Waals surface area contributed by atoms with Crippen LogP contribution in [0.3, 0.4) is 0 Å². The maximum atomic E-state index is 12.7. The molecule has 28 heavy (non-hydrogen) atoms. The maximum Gasteiger partial charge on any atom is 0.325 e. The van der Waals surface area contributed by atoms with Gasteiger partial charge in [0.1, 0.15) is 0 Å². The first-order valence-electron chi connectivity index (χ1n) is 8.75. The van der Waals surface area contributed by atoms with Gasteiger partial charge in [-0.15, -0.1) is 11.3 Å². The number of carbonyl (C=O) groups is 2. The van der Waals surface area contributed by atoms with Crippen LogP contribution in [0, 0.1) is 0 Å². The average Bonchev–Trinajstić information content (AvgIpc) is 3.30. The largest absolute Gasteiger partial charge is 0.325 e. The van der Waals surface area contributed by atoms with Crippen LogP contribution in [-0.4, -0.2) is 23.5 Å². The summed E-state index contributed by atoms with van der Waals surface area (Å²) >= 11 is 7.12. The summed E-state index contributed by atoms with van der Waals surface area (Å²) in [7, 11) is 0. The number of halogens is 1. The Kier molecular flexibility index (Phi) is 5.27. The van der Waals surface area contributed by atoms with Crippen LogP contribution < -0.4 is 15.5 Å². The lowest BCUT2D eigenvalue weighted by Crippen LogP contribution is -2.30. The van der Waals surface area contributed by atoms with Gasteiger partial charge < -0.3 is 10.2 Å². The zero-order valence-corrected chi connectivity index (χ0v) is 16.4. The Labute approximate surface area is 171 Å². The first kappa shape index (κ1) is 18.5. The van der Waals surface area contributed by atoms with Gasteiger partial charge in [0.15, 0.2) is 5.13 Å². The van der Waals surface area contributed by atoms with Crippen molar-refractivity contribution in [3.63, 3.8) is 0 Å². The molecule has 142 valence electrons. The Balaban J connectivity index is 1.35. The van der Waals surface area contributed by atoms with Crippen LogP contribution in [-0.2, 0) is 17.6 Å². The third kappa shape index (κ3) is 4.16. The molecule has 3 amide bonds. The molecule has 0 radical (unpaired) electrons. The highest BCUT2D eigenvalue weighted by Gasteiger charge is 2.24. The molecule has 1 aliphatic rings. The molecule has 4 rings (SSSR count). The van der Waals surface area contributed by atoms with E-state index in [2.05, 4.69) is 15.6 Å². The number of hydrogen-bond acceptors (Lipinski definition) is 4. The number of thiazole rings is 1. The molecule has 0 bridgehead atoms. The van der Waals surface area contributed by atoms with Gasteiger partial charge in [-0.25, -0.2) is 9.78 Å². The van der Waals surface area contributed by atoms with Crippen LogP contribution in [0.1, 0.15) is 11.3 Å². The lowest BCUT2D eigenvalue weighted by atomic mass is 10.2. The molecule has 3 aromatic rings. The van der Waals surface area contributed by atoms with E-state index < -0.39 is 6.03 Å². The fraction of sp³-hybridized carbons (Fsp3) is 0.150. The van der Waals surface area contributed by atoms with Gasteiger partial charge in [-0.3, -0.25) is 10.1 Å². The summed E-state index contributed by atoms with van der Waals surface area (Å²) in [6, 6.07) is 14.4. The van der Waals surface area contributed by atoms with Gasteiger partial charge in [0.05, 0.1) is 12.1 Å². The zero-order chi connectivity index (χ0) is 19.5. The minimum atomic E-state index is -0.400. The first-order chi connectivity index (χ1) is 13.6. The number of urea groups is 1. The molecular weight excluding hydrogens is 396 g/mol. The topological polar surface area (TPSA) is 74.3 Å². The number of rotatable bonds is 4. The molecule has 2 heterocycles. The van der Waals surface area contributed by atoms with E-state index in [0.717, 1.165) is 12.1 Å². The molecule has 0 saturated heterocycles. The van der Waals surface area contributed by atoms with E-state index in [-0.39, 0.29) is 12.3 Å². The van der Waals surface area contributed by atoms with Crippen molar-refractivity contribution in [2.75, 3.05) is 22.1 Å². The second-order valence-electron chi connectivity index (χ2n) is 6.33. The Morgan fingerprint density at radius 3 is 2.71 bits per heavy atom. The lowest BCUT2D eigenvalue weighted by molar-refractivity contribution is -0.117. The molecule has 2 N–H and O–H groups in total. The van der Waals surface area contributed by atoms with Crippen molar-refractivity contribution >= 4 is 51.4 Å². The second kappa shape index (κ2) is 8.00. The quantitative estimate of drug-likeness (QED) is 0.659. The van der Waals surface area contributed by atoms with Gasteiger partial charge in [-0.2, -0.15) is 0 Å². The van der Waals surface area contributed by atoms with Crippen LogP contribution in [0.5, 0.6) is 0 Å². The number of nitrogens with one attached hydrogen (secondary N) is 2. The highest BCUT2D eigenvalue weighted by atomic mass is 35.5. The number of hydrogen-bond donors (Lipinski definition) is 2. The number of benzene rings is 2. The van der Waals surface area contributed by atoms with Gasteiger partial charge in [0, 0.05) is 28.3 Å². The van der Waals surface area contributed by atoms with E-state index in [1.165, 1.54) is 16.9 Å². The molecule has 0 saturated carbocycles. The number of aromatic nitrogens is 1. The van der Waals surface area contributed by atoms with Crippen molar-refractivity contribution in [1.29, 1.82) is 0 Å². The smallest absolute Gasteiger partial charge is 0.311 e. The molecule has 0 fully saturated rings. The molecular formula is C20H17ClN4O2S. The summed E-state index contributed by atoms with van der Waals surface area (Å²) in [4.78, 5) is 30.9. The van der Waals surface area contributed by atoms with Crippen molar-refractivity contribution in [1.82, 2.24) is 4.98 Å². The van der Waals surface area contributed by atoms with Gasteiger partial charge >= 0.3 is 6.03 Å². The Morgan fingerprint density at radius 1 is 1.11 bits per heavy atom. The van der Waals surface area contributed by atoms with Crippen LogP contribution in [0.4, 0.5) is 21.3 Å². The monoisotopic (exact) mass is 412 g/mol. The van der Waals surface area contributed by atoms with Crippen molar-refractivity contribution in [2.45, 2.75) is 12.8 Å². The standard InChI is InChI=1S/C20H17ClN4O2S/c21-14-5-7-15(8-6-14)22-19(27)24-20-23-16(12-28-20)11-18(26)25-10-9-13-3-1-2-4-17(13)25/h1-8,12H,9-11H2,(H2,22,23,24,27). The van der Waals surface area contributed by atoms with Gasteiger partial charge in [-0.1, -0.05) is 29.8 Å². The Bertz CT molecular complexity index is 1020. The molecule has 0 spiro atoms. The first-order valence-corrected chi connectivity index (χ1v) is 10.0. The minimum absolute atomic E-state index is 0.00687. The number of para-hydroxylation sites is 1. The summed E-state index contributed by atoms with van der Waals surface area (Å²) in [5.41, 5.74) is 3.43. The van der Waals surface area contributed by atoms with Crippen LogP contribution in [0.2, 0.25) is 5.02 Å². The predicted molar refractivity (Wildman–Crippen MR) is 112 cm³/mol. The van der Waals surface area contributed by atoms with E-state index in [4.69, 9.17) is 11.6 Å². The summed E-state index contributed by atoms with van der Waals surface area (Å²) in [6.45, 7) is 0.691. The SMILES string of the molecule is O=C(Nc1ccc(Cl)cc1)Nc1nc(CC(=O)N2CCc3ccccc32)cs1. The second-order valence-corrected chi connectivity index (χ2v) is 7.63. The Hall–Kier alpha value is -2.90. The molecule has 1 aliphatic heterocycles. The molecule has 1 aromatic heterocycles. The summed E-state index contributed by atoms with van der Waals surface area (Å²) in [5.74, 6) is 0.00687. The van der Waals surface area contributed by atoms with E-state index in [9.17, 15) is 9.59 Å². The van der Waals surface area contributed by atoms with Gasteiger partial charge in [0.2, 0.25) is 5.91 Å². The maximum absolute atomic E-state index is 12.7. The molecule has 0 aliphatic carbocycles. The molecule has 8 heteroatoms. The third-order valence-electron chi connectivity index (χ3n) is 4.39. The summed E-state index contributed by atoms with van der Waals surface area (Å²) in [5, 5.41) is 8.22. The summed E-state index contributed by atoms with van der Waals surface area (Å²) < 4.78 is 0. The molecule has 2 aromatic carbocycles.